The molecule has 200 valence electrons. The molecule has 2 amide bonds. The quantitative estimate of drug-likeness (QED) is 0.190. The number of fused-ring (bicyclic) bond motifs is 13. The van der Waals surface area contributed by atoms with Crippen molar-refractivity contribution in [3.63, 3.8) is 0 Å². The van der Waals surface area contributed by atoms with Gasteiger partial charge in [0.15, 0.2) is 5.78 Å². The predicted molar refractivity (Wildman–Crippen MR) is 159 cm³/mol. The molecule has 5 aromatic rings. The first kappa shape index (κ1) is 24.2. The summed E-state index contributed by atoms with van der Waals surface area (Å²) in [5.74, 6) is -2.28. The monoisotopic (exact) mass is 535 g/mol. The van der Waals surface area contributed by atoms with Gasteiger partial charge in [0.2, 0.25) is 11.8 Å². The van der Waals surface area contributed by atoms with Crippen LogP contribution in [0.2, 0.25) is 0 Å². The summed E-state index contributed by atoms with van der Waals surface area (Å²) in [6.45, 7) is 5.70. The number of amides is 2. The highest BCUT2D eigenvalue weighted by molar-refractivity contribution is 6.29. The Morgan fingerprint density at radius 2 is 0.854 bits per heavy atom. The molecule has 1 heterocycles. The van der Waals surface area contributed by atoms with Gasteiger partial charge >= 0.3 is 0 Å². The molecule has 8 rings (SSSR count). The Labute approximate surface area is 238 Å². The van der Waals surface area contributed by atoms with Crippen LogP contribution in [0.5, 0.6) is 0 Å². The molecular formula is C37H29NO3. The molecule has 2 aliphatic carbocycles. The second kappa shape index (κ2) is 7.79. The molecule has 3 aliphatic rings. The zero-order chi connectivity index (χ0) is 28.3. The predicted octanol–water partition coefficient (Wildman–Crippen LogP) is 6.56. The minimum atomic E-state index is -1.31. The molecule has 4 nitrogen and oxygen atoms in total. The fraction of sp³-hybridized carbons (Fsp3) is 0.216. The number of benzene rings is 5. The molecule has 4 heteroatoms. The second-order valence-corrected chi connectivity index (χ2v) is 12.7. The summed E-state index contributed by atoms with van der Waals surface area (Å²) < 4.78 is 0. The van der Waals surface area contributed by atoms with Crippen molar-refractivity contribution in [2.24, 2.45) is 11.8 Å². The third kappa shape index (κ3) is 2.60. The maximum Gasteiger partial charge on any atom is 0.235 e. The van der Waals surface area contributed by atoms with Crippen LogP contribution >= 0.6 is 0 Å². The smallest absolute Gasteiger partial charge is 0.235 e. The third-order valence-corrected chi connectivity index (χ3v) is 9.81. The van der Waals surface area contributed by atoms with Crippen LogP contribution in [0.4, 0.5) is 0 Å². The number of nitrogens with zero attached hydrogens (tertiary/aromatic N) is 1. The molecular weight excluding hydrogens is 506 g/mol. The van der Waals surface area contributed by atoms with E-state index in [9.17, 15) is 9.59 Å². The molecule has 2 fully saturated rings. The van der Waals surface area contributed by atoms with Crippen LogP contribution in [-0.4, -0.2) is 28.0 Å². The van der Waals surface area contributed by atoms with Crippen LogP contribution in [0.1, 0.15) is 43.0 Å². The largest absolute Gasteiger partial charge is 0.297 e. The van der Waals surface area contributed by atoms with E-state index in [0.717, 1.165) is 43.8 Å². The van der Waals surface area contributed by atoms with E-state index in [0.29, 0.717) is 0 Å². The van der Waals surface area contributed by atoms with Gasteiger partial charge < -0.3 is 0 Å². The number of hydrogen-bond acceptors (Lipinski definition) is 3. The van der Waals surface area contributed by atoms with Crippen LogP contribution in [0.25, 0.3) is 21.5 Å². The van der Waals surface area contributed by atoms with Gasteiger partial charge in [0, 0.05) is 5.54 Å². The summed E-state index contributed by atoms with van der Waals surface area (Å²) in [5, 5.41) is 4.01. The third-order valence-electron chi connectivity index (χ3n) is 9.81. The van der Waals surface area contributed by atoms with Crippen molar-refractivity contribution in [3.8, 4) is 0 Å². The maximum atomic E-state index is 15.7. The Hall–Kier alpha value is -4.57. The minimum absolute atomic E-state index is 0.0656. The number of carbonyl (C=O) groups excluding carboxylic acids is 3. The van der Waals surface area contributed by atoms with E-state index in [-0.39, 0.29) is 17.6 Å². The zero-order valence-electron chi connectivity index (χ0n) is 23.2. The molecule has 41 heavy (non-hydrogen) atoms. The molecule has 4 atom stereocenters. The number of hydrogen-bond donors (Lipinski definition) is 0. The van der Waals surface area contributed by atoms with Crippen LogP contribution in [0.15, 0.2) is 109 Å². The number of imide groups is 1. The summed E-state index contributed by atoms with van der Waals surface area (Å²) in [5.41, 5.74) is -0.0496. The zero-order valence-corrected chi connectivity index (χ0v) is 23.2. The Balaban J connectivity index is 1.67. The van der Waals surface area contributed by atoms with Gasteiger partial charge in [0.05, 0.1) is 22.7 Å². The van der Waals surface area contributed by atoms with Crippen LogP contribution in [0.3, 0.4) is 0 Å². The Morgan fingerprint density at radius 3 is 1.22 bits per heavy atom. The van der Waals surface area contributed by atoms with Crippen LogP contribution in [0, 0.1) is 11.8 Å². The maximum absolute atomic E-state index is 15.7. The van der Waals surface area contributed by atoms with Gasteiger partial charge in [0.1, 0.15) is 0 Å². The number of Topliss-reactive ketones (excluding diaryl/α,β-unsaturated/α-hetero) is 1. The van der Waals surface area contributed by atoms with E-state index >= 15 is 4.79 Å². The summed E-state index contributed by atoms with van der Waals surface area (Å²) >= 11 is 0. The highest BCUT2D eigenvalue weighted by atomic mass is 16.2. The van der Waals surface area contributed by atoms with Crippen molar-refractivity contribution in [2.45, 2.75) is 37.1 Å². The first-order valence-electron chi connectivity index (χ1n) is 14.2. The van der Waals surface area contributed by atoms with E-state index in [2.05, 4.69) is 24.3 Å². The number of rotatable bonds is 2. The fourth-order valence-corrected chi connectivity index (χ4v) is 8.61. The van der Waals surface area contributed by atoms with Crippen LogP contribution < -0.4 is 0 Å². The van der Waals surface area contributed by atoms with Crippen molar-refractivity contribution in [2.75, 3.05) is 0 Å². The molecule has 5 aromatic carbocycles. The van der Waals surface area contributed by atoms with Gasteiger partial charge in [-0.2, -0.15) is 0 Å². The summed E-state index contributed by atoms with van der Waals surface area (Å²) in [4.78, 5) is 46.5. The summed E-state index contributed by atoms with van der Waals surface area (Å²) in [6.07, 6.45) is 0. The lowest BCUT2D eigenvalue weighted by Gasteiger charge is -2.38. The lowest BCUT2D eigenvalue weighted by Crippen LogP contribution is -2.51. The van der Waals surface area contributed by atoms with Crippen molar-refractivity contribution < 1.29 is 14.4 Å². The minimum Gasteiger partial charge on any atom is -0.297 e. The number of carbonyl (C=O) groups is 3. The fourth-order valence-electron chi connectivity index (χ4n) is 8.61. The highest BCUT2D eigenvalue weighted by Crippen LogP contribution is 2.72. The summed E-state index contributed by atoms with van der Waals surface area (Å²) in [7, 11) is 0. The lowest BCUT2D eigenvalue weighted by molar-refractivity contribution is -0.148. The van der Waals surface area contributed by atoms with E-state index in [1.807, 2.05) is 106 Å². The molecule has 0 radical (unpaired) electrons. The first-order valence-corrected chi connectivity index (χ1v) is 14.2. The first-order chi connectivity index (χ1) is 19.8. The number of likely N-dealkylation sites (tertiary alicyclic amines) is 1. The average Bonchev–Trinajstić information content (AvgIpc) is 3.50. The second-order valence-electron chi connectivity index (χ2n) is 12.7. The van der Waals surface area contributed by atoms with Crippen molar-refractivity contribution in [1.29, 1.82) is 0 Å². The van der Waals surface area contributed by atoms with Gasteiger partial charge in [-0.05, 0) is 64.6 Å². The van der Waals surface area contributed by atoms with Gasteiger partial charge in [-0.15, -0.1) is 0 Å². The standard InChI is InChI=1S/C37H29NO3/c1-35(2,3)38-32(39)30-31(33(38)40)37(23-16-8-5-9-17-23)29-27-21-13-11-19-25(27)24-18-10-12-20-26(24)28(29)36(30,34(37)41)22-14-6-4-7-15-22/h4-21,30-31H,1-3H3/t30-,31+,36+,37-. The van der Waals surface area contributed by atoms with E-state index in [4.69, 9.17) is 0 Å². The average molecular weight is 536 g/mol. The van der Waals surface area contributed by atoms with E-state index in [1.54, 1.807) is 0 Å². The molecule has 0 spiro atoms. The molecule has 1 saturated heterocycles. The Morgan fingerprint density at radius 1 is 0.512 bits per heavy atom. The summed E-state index contributed by atoms with van der Waals surface area (Å²) in [6, 6.07) is 35.8. The highest BCUT2D eigenvalue weighted by Gasteiger charge is 2.82. The molecule has 1 aliphatic heterocycles. The van der Waals surface area contributed by atoms with E-state index in [1.165, 1.54) is 4.90 Å². The van der Waals surface area contributed by atoms with E-state index < -0.39 is 28.2 Å². The normalized spacial score (nSPS) is 26.7. The SMILES string of the molecule is CC(C)(C)N1C(=O)[C@@H]2[C@H](C1=O)[C@@]1(c3ccccc3)C(=O)[C@]2(c2ccccc2)c2c1c1ccccc1c1ccccc21. The molecule has 0 unspecified atom stereocenters. The van der Waals surface area contributed by atoms with Gasteiger partial charge in [-0.3, -0.25) is 19.3 Å². The Kier molecular flexibility index (Phi) is 4.61. The number of ketones is 1. The molecule has 0 aromatic heterocycles. The van der Waals surface area contributed by atoms with Gasteiger partial charge in [-0.1, -0.05) is 109 Å². The van der Waals surface area contributed by atoms with Gasteiger partial charge in [-0.25, -0.2) is 0 Å². The molecule has 0 N–H and O–H groups in total. The molecule has 1 saturated carbocycles. The van der Waals surface area contributed by atoms with Crippen molar-refractivity contribution >= 4 is 39.1 Å². The van der Waals surface area contributed by atoms with Crippen molar-refractivity contribution in [1.82, 2.24) is 4.90 Å². The Bertz CT molecular complexity index is 1820. The van der Waals surface area contributed by atoms with Gasteiger partial charge in [0.25, 0.3) is 0 Å². The van der Waals surface area contributed by atoms with Crippen molar-refractivity contribution in [3.05, 3.63) is 131 Å². The van der Waals surface area contributed by atoms with Crippen LogP contribution in [-0.2, 0) is 25.2 Å². The topological polar surface area (TPSA) is 54.5 Å². The lowest BCUT2D eigenvalue weighted by atomic mass is 9.59. The molecule has 2 bridgehead atoms.